The number of hydrogen-bond donors (Lipinski definition) is 2. The Morgan fingerprint density at radius 2 is 1.79 bits per heavy atom. The molecule has 1 unspecified atom stereocenters. The highest BCUT2D eigenvalue weighted by molar-refractivity contribution is 5.55. The third-order valence-electron chi connectivity index (χ3n) is 3.05. The first-order valence-corrected chi connectivity index (χ1v) is 7.05. The van der Waals surface area contributed by atoms with Gasteiger partial charge in [-0.2, -0.15) is 0 Å². The molecule has 0 saturated heterocycles. The van der Waals surface area contributed by atoms with E-state index in [0.29, 0.717) is 19.8 Å². The summed E-state index contributed by atoms with van der Waals surface area (Å²) in [4.78, 5) is 2.30. The molecule has 1 rings (SSSR count). The van der Waals surface area contributed by atoms with Crippen LogP contribution in [0.4, 0.5) is 11.4 Å². The highest BCUT2D eigenvalue weighted by Gasteiger charge is 2.04. The van der Waals surface area contributed by atoms with Crippen LogP contribution in [0, 0.1) is 0 Å². The number of ether oxygens (including phenoxy) is 1. The molecule has 1 aromatic carbocycles. The van der Waals surface area contributed by atoms with Crippen molar-refractivity contribution in [1.82, 2.24) is 0 Å². The molecule has 0 aromatic heterocycles. The van der Waals surface area contributed by atoms with Gasteiger partial charge in [0.2, 0.25) is 0 Å². The number of aliphatic hydroxyl groups is 1. The fourth-order valence-electron chi connectivity index (χ4n) is 1.93. The zero-order valence-electron chi connectivity index (χ0n) is 12.2. The van der Waals surface area contributed by atoms with Gasteiger partial charge in [-0.25, -0.2) is 0 Å². The molecule has 4 heteroatoms. The lowest BCUT2D eigenvalue weighted by Crippen LogP contribution is -2.25. The predicted octanol–water partition coefficient (Wildman–Crippen LogP) is 2.34. The third kappa shape index (κ3) is 5.49. The lowest BCUT2D eigenvalue weighted by atomic mass is 10.2. The zero-order chi connectivity index (χ0) is 14.1. The molecule has 0 fully saturated rings. The average Bonchev–Trinajstić information content (AvgIpc) is 2.45. The highest BCUT2D eigenvalue weighted by atomic mass is 16.5. The van der Waals surface area contributed by atoms with Crippen molar-refractivity contribution in [3.8, 4) is 0 Å². The molecular weight excluding hydrogens is 240 g/mol. The van der Waals surface area contributed by atoms with Crippen LogP contribution in [0.5, 0.6) is 0 Å². The van der Waals surface area contributed by atoms with Gasteiger partial charge in [-0.3, -0.25) is 0 Å². The van der Waals surface area contributed by atoms with E-state index in [0.717, 1.165) is 18.8 Å². The average molecular weight is 266 g/mol. The summed E-state index contributed by atoms with van der Waals surface area (Å²) in [5.74, 6) is 0. The van der Waals surface area contributed by atoms with Crippen LogP contribution in [-0.4, -0.2) is 44.1 Å². The molecule has 108 valence electrons. The van der Waals surface area contributed by atoms with Crippen LogP contribution in [-0.2, 0) is 4.74 Å². The molecule has 0 heterocycles. The summed E-state index contributed by atoms with van der Waals surface area (Å²) in [6, 6.07) is 8.29. The van der Waals surface area contributed by atoms with Gasteiger partial charge in [-0.1, -0.05) is 0 Å². The van der Waals surface area contributed by atoms with Gasteiger partial charge in [-0.15, -0.1) is 0 Å². The smallest absolute Gasteiger partial charge is 0.0945 e. The SMILES string of the molecule is CCOCC(O)CNc1ccc(N(CC)CC)cc1. The second kappa shape index (κ2) is 8.77. The Labute approximate surface area is 116 Å². The first-order valence-electron chi connectivity index (χ1n) is 7.05. The van der Waals surface area contributed by atoms with Crippen LogP contribution in [0.3, 0.4) is 0 Å². The van der Waals surface area contributed by atoms with Gasteiger partial charge >= 0.3 is 0 Å². The Hall–Kier alpha value is -1.26. The maximum atomic E-state index is 9.66. The third-order valence-corrected chi connectivity index (χ3v) is 3.05. The molecule has 19 heavy (non-hydrogen) atoms. The van der Waals surface area contributed by atoms with Crippen molar-refractivity contribution < 1.29 is 9.84 Å². The normalized spacial score (nSPS) is 12.2. The van der Waals surface area contributed by atoms with Crippen LogP contribution in [0.25, 0.3) is 0 Å². The number of anilines is 2. The molecule has 4 nitrogen and oxygen atoms in total. The molecule has 0 amide bonds. The van der Waals surface area contributed by atoms with Crippen LogP contribution < -0.4 is 10.2 Å². The van der Waals surface area contributed by atoms with E-state index < -0.39 is 6.10 Å². The van der Waals surface area contributed by atoms with Gasteiger partial charge in [0, 0.05) is 37.6 Å². The van der Waals surface area contributed by atoms with E-state index in [1.54, 1.807) is 0 Å². The molecule has 0 radical (unpaired) electrons. The number of rotatable bonds is 9. The van der Waals surface area contributed by atoms with Crippen LogP contribution in [0.2, 0.25) is 0 Å². The Bertz CT molecular complexity index is 337. The molecule has 1 atom stereocenters. The molecular formula is C15H26N2O2. The molecule has 0 spiro atoms. The van der Waals surface area contributed by atoms with Gasteiger partial charge in [0.25, 0.3) is 0 Å². The predicted molar refractivity (Wildman–Crippen MR) is 81.0 cm³/mol. The number of aliphatic hydroxyl groups excluding tert-OH is 1. The molecule has 0 aliphatic carbocycles. The maximum Gasteiger partial charge on any atom is 0.0945 e. The second-order valence-electron chi connectivity index (χ2n) is 4.41. The number of benzene rings is 1. The van der Waals surface area contributed by atoms with Crippen molar-refractivity contribution in [2.24, 2.45) is 0 Å². The summed E-state index contributed by atoms with van der Waals surface area (Å²) in [5, 5.41) is 12.9. The maximum absolute atomic E-state index is 9.66. The minimum Gasteiger partial charge on any atom is -0.389 e. The van der Waals surface area contributed by atoms with Gasteiger partial charge in [-0.05, 0) is 45.0 Å². The molecule has 0 bridgehead atoms. The number of hydrogen-bond acceptors (Lipinski definition) is 4. The standard InChI is InChI=1S/C15H26N2O2/c1-4-17(5-2)14-9-7-13(8-10-14)16-11-15(18)12-19-6-3/h7-10,15-16,18H,4-6,11-12H2,1-3H3. The molecule has 2 N–H and O–H groups in total. The van der Waals surface area contributed by atoms with Crippen molar-refractivity contribution in [3.05, 3.63) is 24.3 Å². The van der Waals surface area contributed by atoms with E-state index in [1.165, 1.54) is 5.69 Å². The molecule has 0 aliphatic heterocycles. The Morgan fingerprint density at radius 1 is 1.16 bits per heavy atom. The molecule has 1 aromatic rings. The van der Waals surface area contributed by atoms with E-state index in [4.69, 9.17) is 4.74 Å². The monoisotopic (exact) mass is 266 g/mol. The fourth-order valence-corrected chi connectivity index (χ4v) is 1.93. The Balaban J connectivity index is 2.43. The topological polar surface area (TPSA) is 44.7 Å². The van der Waals surface area contributed by atoms with Gasteiger partial charge in [0.05, 0.1) is 12.7 Å². The van der Waals surface area contributed by atoms with Crippen LogP contribution >= 0.6 is 0 Å². The summed E-state index contributed by atoms with van der Waals surface area (Å²) in [7, 11) is 0. The minimum atomic E-state index is -0.470. The number of nitrogens with zero attached hydrogens (tertiary/aromatic N) is 1. The first-order chi connectivity index (χ1) is 9.21. The van der Waals surface area contributed by atoms with E-state index in [2.05, 4.69) is 36.2 Å². The summed E-state index contributed by atoms with van der Waals surface area (Å²) in [5.41, 5.74) is 2.25. The second-order valence-corrected chi connectivity index (χ2v) is 4.41. The quantitative estimate of drug-likeness (QED) is 0.720. The van der Waals surface area contributed by atoms with E-state index >= 15 is 0 Å². The highest BCUT2D eigenvalue weighted by Crippen LogP contribution is 2.17. The summed E-state index contributed by atoms with van der Waals surface area (Å²) in [6.45, 7) is 9.76. The fraction of sp³-hybridized carbons (Fsp3) is 0.600. The first kappa shape index (κ1) is 15.8. The molecule has 0 aliphatic rings. The van der Waals surface area contributed by atoms with E-state index in [-0.39, 0.29) is 0 Å². The van der Waals surface area contributed by atoms with E-state index in [1.807, 2.05) is 19.1 Å². The lowest BCUT2D eigenvalue weighted by molar-refractivity contribution is 0.0496. The lowest BCUT2D eigenvalue weighted by Gasteiger charge is -2.21. The molecule has 0 saturated carbocycles. The minimum absolute atomic E-state index is 0.376. The summed E-state index contributed by atoms with van der Waals surface area (Å²) < 4.78 is 5.17. The van der Waals surface area contributed by atoms with Gasteiger partial charge in [0.15, 0.2) is 0 Å². The van der Waals surface area contributed by atoms with Crippen molar-refractivity contribution in [2.75, 3.05) is 43.1 Å². The number of nitrogens with one attached hydrogen (secondary N) is 1. The van der Waals surface area contributed by atoms with Crippen LogP contribution in [0.1, 0.15) is 20.8 Å². The van der Waals surface area contributed by atoms with Gasteiger partial charge in [0.1, 0.15) is 0 Å². The van der Waals surface area contributed by atoms with Crippen molar-refractivity contribution in [3.63, 3.8) is 0 Å². The van der Waals surface area contributed by atoms with Crippen molar-refractivity contribution in [1.29, 1.82) is 0 Å². The van der Waals surface area contributed by atoms with E-state index in [9.17, 15) is 5.11 Å². The summed E-state index contributed by atoms with van der Waals surface area (Å²) in [6.07, 6.45) is -0.470. The Kier molecular flexibility index (Phi) is 7.30. The van der Waals surface area contributed by atoms with Crippen molar-refractivity contribution in [2.45, 2.75) is 26.9 Å². The van der Waals surface area contributed by atoms with Crippen LogP contribution in [0.15, 0.2) is 24.3 Å². The zero-order valence-corrected chi connectivity index (χ0v) is 12.2. The van der Waals surface area contributed by atoms with Crippen molar-refractivity contribution >= 4 is 11.4 Å². The van der Waals surface area contributed by atoms with Gasteiger partial charge < -0.3 is 20.1 Å². The summed E-state index contributed by atoms with van der Waals surface area (Å²) >= 11 is 0. The Morgan fingerprint density at radius 3 is 2.32 bits per heavy atom. The largest absolute Gasteiger partial charge is 0.389 e.